The summed E-state index contributed by atoms with van der Waals surface area (Å²) in [6.45, 7) is 4.40. The van der Waals surface area contributed by atoms with Gasteiger partial charge in [-0.1, -0.05) is 31.5 Å². The Morgan fingerprint density at radius 2 is 2.20 bits per heavy atom. The molecular formula is C12H14ClNS. The lowest BCUT2D eigenvalue weighted by Gasteiger charge is -2.06. The van der Waals surface area contributed by atoms with Gasteiger partial charge in [-0.2, -0.15) is 5.26 Å². The molecule has 0 aliphatic carbocycles. The van der Waals surface area contributed by atoms with Crippen LogP contribution in [0.5, 0.6) is 0 Å². The fraction of sp³-hybridized carbons (Fsp3) is 0.417. The van der Waals surface area contributed by atoms with Crippen molar-refractivity contribution < 1.29 is 0 Å². The Morgan fingerprint density at radius 3 is 2.80 bits per heavy atom. The van der Waals surface area contributed by atoms with Crippen LogP contribution in [0.2, 0.25) is 5.02 Å². The minimum atomic E-state index is 0.548. The molecule has 1 nitrogen and oxygen atoms in total. The van der Waals surface area contributed by atoms with Gasteiger partial charge in [0.1, 0.15) is 6.07 Å². The lowest BCUT2D eigenvalue weighted by Crippen LogP contribution is -1.90. The van der Waals surface area contributed by atoms with Crippen LogP contribution < -0.4 is 0 Å². The van der Waals surface area contributed by atoms with Crippen molar-refractivity contribution in [2.75, 3.05) is 5.75 Å². The molecule has 0 atom stereocenters. The summed E-state index contributed by atoms with van der Waals surface area (Å²) in [5.74, 6) is 1.73. The fourth-order valence-corrected chi connectivity index (χ4v) is 2.69. The molecule has 0 radical (unpaired) electrons. The number of thioether (sulfide) groups is 1. The summed E-state index contributed by atoms with van der Waals surface area (Å²) in [5.41, 5.74) is 0.605. The molecule has 1 aromatic rings. The van der Waals surface area contributed by atoms with E-state index in [1.54, 1.807) is 17.8 Å². The molecule has 0 heterocycles. The molecule has 3 heteroatoms. The van der Waals surface area contributed by atoms with Crippen molar-refractivity contribution in [1.29, 1.82) is 5.26 Å². The van der Waals surface area contributed by atoms with Gasteiger partial charge < -0.3 is 0 Å². The maximum absolute atomic E-state index is 8.96. The molecular weight excluding hydrogens is 226 g/mol. The van der Waals surface area contributed by atoms with E-state index in [1.807, 2.05) is 12.1 Å². The van der Waals surface area contributed by atoms with E-state index in [9.17, 15) is 0 Å². The number of hydrogen-bond donors (Lipinski definition) is 0. The molecule has 0 aliphatic heterocycles. The molecule has 0 saturated heterocycles. The Kier molecular flexibility index (Phi) is 5.01. The zero-order valence-corrected chi connectivity index (χ0v) is 10.5. The van der Waals surface area contributed by atoms with Crippen LogP contribution in [0.15, 0.2) is 23.1 Å². The number of hydrogen-bond acceptors (Lipinski definition) is 2. The van der Waals surface area contributed by atoms with E-state index >= 15 is 0 Å². The van der Waals surface area contributed by atoms with Crippen LogP contribution in [-0.2, 0) is 0 Å². The topological polar surface area (TPSA) is 23.8 Å². The third-order valence-corrected chi connectivity index (χ3v) is 3.45. The Morgan fingerprint density at radius 1 is 1.47 bits per heavy atom. The third kappa shape index (κ3) is 3.77. The van der Waals surface area contributed by atoms with Gasteiger partial charge in [0.15, 0.2) is 0 Å². The highest BCUT2D eigenvalue weighted by Gasteiger charge is 2.06. The second-order valence-corrected chi connectivity index (χ2v) is 5.30. The first-order valence-corrected chi connectivity index (χ1v) is 6.33. The predicted octanol–water partition coefficient (Wildman–Crippen LogP) is 4.35. The van der Waals surface area contributed by atoms with Gasteiger partial charge in [-0.15, -0.1) is 11.8 Å². The molecule has 0 N–H and O–H groups in total. The maximum Gasteiger partial charge on any atom is 0.102 e. The summed E-state index contributed by atoms with van der Waals surface area (Å²) < 4.78 is 0. The average molecular weight is 240 g/mol. The number of nitriles is 1. The molecule has 1 rings (SSSR count). The first kappa shape index (κ1) is 12.4. The van der Waals surface area contributed by atoms with Crippen molar-refractivity contribution in [2.45, 2.75) is 25.2 Å². The molecule has 80 valence electrons. The summed E-state index contributed by atoms with van der Waals surface area (Å²) >= 11 is 7.64. The Hall–Kier alpha value is -0.650. The second kappa shape index (κ2) is 6.05. The molecule has 0 amide bonds. The van der Waals surface area contributed by atoms with Crippen LogP contribution >= 0.6 is 23.4 Å². The number of rotatable bonds is 4. The molecule has 1 aromatic carbocycles. The quantitative estimate of drug-likeness (QED) is 0.730. The van der Waals surface area contributed by atoms with Crippen LogP contribution in [0, 0.1) is 17.2 Å². The van der Waals surface area contributed by atoms with Gasteiger partial charge in [-0.25, -0.2) is 0 Å². The van der Waals surface area contributed by atoms with E-state index in [1.165, 1.54) is 0 Å². The molecule has 0 unspecified atom stereocenters. The van der Waals surface area contributed by atoms with Crippen molar-refractivity contribution >= 4 is 23.4 Å². The van der Waals surface area contributed by atoms with E-state index in [2.05, 4.69) is 19.9 Å². The standard InChI is InChI=1S/C12H14ClNS/c1-9(2)6-7-15-12-5-3-4-11(13)10(12)8-14/h3-5,9H,6-7H2,1-2H3. The number of benzene rings is 1. The summed E-state index contributed by atoms with van der Waals surface area (Å²) in [7, 11) is 0. The van der Waals surface area contributed by atoms with Crippen LogP contribution in [0.3, 0.4) is 0 Å². The number of nitrogens with zero attached hydrogens (tertiary/aromatic N) is 1. The highest BCUT2D eigenvalue weighted by atomic mass is 35.5. The minimum Gasteiger partial charge on any atom is -0.192 e. The van der Waals surface area contributed by atoms with Crippen molar-refractivity contribution in [3.05, 3.63) is 28.8 Å². The van der Waals surface area contributed by atoms with Crippen molar-refractivity contribution in [1.82, 2.24) is 0 Å². The molecule has 0 fully saturated rings. The van der Waals surface area contributed by atoms with Crippen LogP contribution in [0.1, 0.15) is 25.8 Å². The zero-order valence-electron chi connectivity index (χ0n) is 8.96. The van der Waals surface area contributed by atoms with E-state index in [4.69, 9.17) is 16.9 Å². The highest BCUT2D eigenvalue weighted by Crippen LogP contribution is 2.28. The Labute approximate surface area is 100 Å². The predicted molar refractivity (Wildman–Crippen MR) is 66.3 cm³/mol. The molecule has 0 aromatic heterocycles. The SMILES string of the molecule is CC(C)CCSc1cccc(Cl)c1C#N. The van der Waals surface area contributed by atoms with Gasteiger partial charge >= 0.3 is 0 Å². The first-order valence-electron chi connectivity index (χ1n) is 4.96. The zero-order chi connectivity index (χ0) is 11.3. The lowest BCUT2D eigenvalue weighted by atomic mass is 10.2. The molecule has 0 spiro atoms. The second-order valence-electron chi connectivity index (χ2n) is 3.76. The monoisotopic (exact) mass is 239 g/mol. The smallest absolute Gasteiger partial charge is 0.102 e. The van der Waals surface area contributed by atoms with Gasteiger partial charge in [0.05, 0.1) is 10.6 Å². The van der Waals surface area contributed by atoms with E-state index in [0.717, 1.165) is 17.1 Å². The van der Waals surface area contributed by atoms with Gasteiger partial charge in [-0.3, -0.25) is 0 Å². The average Bonchev–Trinajstić information content (AvgIpc) is 2.17. The minimum absolute atomic E-state index is 0.548. The first-order chi connectivity index (χ1) is 7.15. The van der Waals surface area contributed by atoms with Gasteiger partial charge in [-0.05, 0) is 30.2 Å². The van der Waals surface area contributed by atoms with Gasteiger partial charge in [0.2, 0.25) is 0 Å². The summed E-state index contributed by atoms with van der Waals surface area (Å²) in [6, 6.07) is 7.75. The fourth-order valence-electron chi connectivity index (χ4n) is 1.14. The van der Waals surface area contributed by atoms with E-state index in [0.29, 0.717) is 16.5 Å². The maximum atomic E-state index is 8.96. The lowest BCUT2D eigenvalue weighted by molar-refractivity contribution is 0.632. The molecule has 0 bridgehead atoms. The highest BCUT2D eigenvalue weighted by molar-refractivity contribution is 7.99. The Balaban J connectivity index is 2.69. The molecule has 0 saturated carbocycles. The van der Waals surface area contributed by atoms with Gasteiger partial charge in [0, 0.05) is 4.90 Å². The third-order valence-electron chi connectivity index (χ3n) is 2.04. The van der Waals surface area contributed by atoms with Crippen molar-refractivity contribution in [3.8, 4) is 6.07 Å². The van der Waals surface area contributed by atoms with Crippen LogP contribution in [-0.4, -0.2) is 5.75 Å². The Bertz CT molecular complexity index is 368. The molecule has 0 aliphatic rings. The largest absolute Gasteiger partial charge is 0.192 e. The van der Waals surface area contributed by atoms with Crippen LogP contribution in [0.4, 0.5) is 0 Å². The summed E-state index contributed by atoms with van der Waals surface area (Å²) in [4.78, 5) is 0.991. The van der Waals surface area contributed by atoms with Crippen molar-refractivity contribution in [2.24, 2.45) is 5.92 Å². The number of halogens is 1. The van der Waals surface area contributed by atoms with Gasteiger partial charge in [0.25, 0.3) is 0 Å². The normalized spacial score (nSPS) is 10.3. The van der Waals surface area contributed by atoms with E-state index in [-0.39, 0.29) is 0 Å². The van der Waals surface area contributed by atoms with Crippen molar-refractivity contribution in [3.63, 3.8) is 0 Å². The molecule has 15 heavy (non-hydrogen) atoms. The summed E-state index contributed by atoms with van der Waals surface area (Å²) in [5, 5.41) is 9.51. The van der Waals surface area contributed by atoms with Crippen LogP contribution in [0.25, 0.3) is 0 Å². The van der Waals surface area contributed by atoms with E-state index < -0.39 is 0 Å². The summed E-state index contributed by atoms with van der Waals surface area (Å²) in [6.07, 6.45) is 1.15.